The Hall–Kier alpha value is -2.41. The molecule has 186 valence electrons. The molecular formula is C26H44N4O3. The van der Waals surface area contributed by atoms with Crippen LogP contribution in [0.4, 0.5) is 0 Å². The molecule has 1 aliphatic carbocycles. The van der Waals surface area contributed by atoms with E-state index in [9.17, 15) is 14.4 Å². The van der Waals surface area contributed by atoms with E-state index in [2.05, 4.69) is 31.0 Å². The molecule has 1 heterocycles. The van der Waals surface area contributed by atoms with Crippen LogP contribution in [-0.2, 0) is 14.4 Å². The lowest BCUT2D eigenvalue weighted by Gasteiger charge is -2.31. The van der Waals surface area contributed by atoms with Gasteiger partial charge in [-0.15, -0.1) is 0 Å². The summed E-state index contributed by atoms with van der Waals surface area (Å²) in [7, 11) is 0. The zero-order valence-electron chi connectivity index (χ0n) is 20.9. The highest BCUT2D eigenvalue weighted by atomic mass is 16.2. The first kappa shape index (κ1) is 28.6. The van der Waals surface area contributed by atoms with Crippen LogP contribution in [0.3, 0.4) is 0 Å². The molecule has 0 aromatic carbocycles. The third-order valence-electron chi connectivity index (χ3n) is 6.39. The normalized spacial score (nSPS) is 22.4. The summed E-state index contributed by atoms with van der Waals surface area (Å²) >= 11 is 0. The number of hydrogen-bond acceptors (Lipinski definition) is 4. The molecule has 0 radical (unpaired) electrons. The molecule has 7 nitrogen and oxygen atoms in total. The SMILES string of the molecule is C=CC1=C(/C=C\C)CCCC1.CCCC(CC)C(NC(C)=O)C(=O)N1CC(N)CC1C(N)=O. The van der Waals surface area contributed by atoms with E-state index in [1.54, 1.807) is 0 Å². The Morgan fingerprint density at radius 2 is 1.85 bits per heavy atom. The molecule has 0 saturated carbocycles. The number of amides is 3. The van der Waals surface area contributed by atoms with E-state index in [4.69, 9.17) is 11.5 Å². The number of nitrogens with one attached hydrogen (secondary N) is 1. The van der Waals surface area contributed by atoms with Gasteiger partial charge in [0.05, 0.1) is 0 Å². The number of hydrogen-bond donors (Lipinski definition) is 3. The van der Waals surface area contributed by atoms with Gasteiger partial charge in [0, 0.05) is 19.5 Å². The highest BCUT2D eigenvalue weighted by molar-refractivity contribution is 5.92. The van der Waals surface area contributed by atoms with Crippen LogP contribution in [0.25, 0.3) is 0 Å². The van der Waals surface area contributed by atoms with Gasteiger partial charge in [0.15, 0.2) is 0 Å². The summed E-state index contributed by atoms with van der Waals surface area (Å²) in [5, 5.41) is 2.74. The summed E-state index contributed by atoms with van der Waals surface area (Å²) in [6.45, 7) is 11.6. The molecule has 1 aliphatic heterocycles. The van der Waals surface area contributed by atoms with Crippen LogP contribution in [0, 0.1) is 5.92 Å². The zero-order valence-corrected chi connectivity index (χ0v) is 20.9. The van der Waals surface area contributed by atoms with Gasteiger partial charge in [-0.25, -0.2) is 0 Å². The number of likely N-dealkylation sites (tertiary alicyclic amines) is 1. The van der Waals surface area contributed by atoms with Crippen molar-refractivity contribution in [1.82, 2.24) is 10.2 Å². The maximum Gasteiger partial charge on any atom is 0.246 e. The zero-order chi connectivity index (χ0) is 25.0. The van der Waals surface area contributed by atoms with E-state index in [1.165, 1.54) is 48.7 Å². The first-order chi connectivity index (χ1) is 15.7. The molecule has 2 aliphatic rings. The number of rotatable bonds is 9. The molecule has 7 heteroatoms. The van der Waals surface area contributed by atoms with Gasteiger partial charge in [0.2, 0.25) is 17.7 Å². The molecule has 4 atom stereocenters. The van der Waals surface area contributed by atoms with Gasteiger partial charge in [-0.1, -0.05) is 51.5 Å². The fourth-order valence-corrected chi connectivity index (χ4v) is 4.71. The summed E-state index contributed by atoms with van der Waals surface area (Å²) in [5.41, 5.74) is 14.2. The average Bonchev–Trinajstić information content (AvgIpc) is 3.18. The second kappa shape index (κ2) is 14.7. The Balaban J connectivity index is 0.000000412. The predicted octanol–water partition coefficient (Wildman–Crippen LogP) is 3.35. The molecule has 4 unspecified atom stereocenters. The fourth-order valence-electron chi connectivity index (χ4n) is 4.71. The van der Waals surface area contributed by atoms with Crippen molar-refractivity contribution in [2.24, 2.45) is 17.4 Å². The smallest absolute Gasteiger partial charge is 0.246 e. The van der Waals surface area contributed by atoms with Crippen LogP contribution >= 0.6 is 0 Å². The molecule has 0 spiro atoms. The molecule has 3 amide bonds. The van der Waals surface area contributed by atoms with E-state index in [0.29, 0.717) is 13.0 Å². The Kier molecular flexibility index (Phi) is 12.7. The highest BCUT2D eigenvalue weighted by Crippen LogP contribution is 2.26. The van der Waals surface area contributed by atoms with Crippen LogP contribution in [0.2, 0.25) is 0 Å². The number of carbonyl (C=O) groups is 3. The van der Waals surface area contributed by atoms with Crippen molar-refractivity contribution in [3.8, 4) is 0 Å². The number of nitrogens with zero attached hydrogens (tertiary/aromatic N) is 1. The van der Waals surface area contributed by atoms with Crippen LogP contribution in [0.5, 0.6) is 0 Å². The Morgan fingerprint density at radius 3 is 2.33 bits per heavy atom. The van der Waals surface area contributed by atoms with Crippen molar-refractivity contribution >= 4 is 17.7 Å². The average molecular weight is 461 g/mol. The van der Waals surface area contributed by atoms with Crippen LogP contribution in [-0.4, -0.2) is 47.3 Å². The Labute approximate surface area is 199 Å². The third kappa shape index (κ3) is 8.80. The summed E-state index contributed by atoms with van der Waals surface area (Å²) in [6, 6.07) is -1.57. The van der Waals surface area contributed by atoms with Gasteiger partial charge < -0.3 is 21.7 Å². The lowest BCUT2D eigenvalue weighted by molar-refractivity contribution is -0.141. The van der Waals surface area contributed by atoms with Crippen LogP contribution in [0.1, 0.15) is 79.1 Å². The predicted molar refractivity (Wildman–Crippen MR) is 134 cm³/mol. The first-order valence-corrected chi connectivity index (χ1v) is 12.3. The third-order valence-corrected chi connectivity index (χ3v) is 6.39. The number of allylic oxidation sites excluding steroid dienone is 5. The molecular weight excluding hydrogens is 416 g/mol. The monoisotopic (exact) mass is 460 g/mol. The fraction of sp³-hybridized carbons (Fsp3) is 0.654. The summed E-state index contributed by atoms with van der Waals surface area (Å²) < 4.78 is 0. The molecule has 0 bridgehead atoms. The van der Waals surface area contributed by atoms with E-state index in [0.717, 1.165) is 19.3 Å². The molecule has 1 fully saturated rings. The summed E-state index contributed by atoms with van der Waals surface area (Å²) in [5.74, 6) is -1.03. The number of carbonyl (C=O) groups excluding carboxylic acids is 3. The van der Waals surface area contributed by atoms with E-state index >= 15 is 0 Å². The second-order valence-corrected chi connectivity index (χ2v) is 9.00. The lowest BCUT2D eigenvalue weighted by Crippen LogP contribution is -2.55. The summed E-state index contributed by atoms with van der Waals surface area (Å²) in [4.78, 5) is 37.3. The van der Waals surface area contributed by atoms with Gasteiger partial charge in [-0.2, -0.15) is 0 Å². The number of nitrogens with two attached hydrogens (primary N) is 2. The van der Waals surface area contributed by atoms with Crippen molar-refractivity contribution in [3.63, 3.8) is 0 Å². The van der Waals surface area contributed by atoms with Gasteiger partial charge in [0.1, 0.15) is 12.1 Å². The second-order valence-electron chi connectivity index (χ2n) is 9.00. The van der Waals surface area contributed by atoms with Gasteiger partial charge in [0.25, 0.3) is 0 Å². The molecule has 5 N–H and O–H groups in total. The van der Waals surface area contributed by atoms with Crippen molar-refractivity contribution in [3.05, 3.63) is 36.0 Å². The molecule has 0 aromatic heterocycles. The lowest BCUT2D eigenvalue weighted by atomic mass is 9.91. The minimum Gasteiger partial charge on any atom is -0.368 e. The molecule has 2 rings (SSSR count). The molecule has 0 aromatic rings. The molecule has 1 saturated heterocycles. The Bertz CT molecular complexity index is 744. The topological polar surface area (TPSA) is 119 Å². The van der Waals surface area contributed by atoms with E-state index in [-0.39, 0.29) is 23.8 Å². The first-order valence-electron chi connectivity index (χ1n) is 12.3. The van der Waals surface area contributed by atoms with Gasteiger partial charge >= 0.3 is 0 Å². The van der Waals surface area contributed by atoms with Crippen molar-refractivity contribution in [1.29, 1.82) is 0 Å². The minimum absolute atomic E-state index is 0.0340. The van der Waals surface area contributed by atoms with Crippen molar-refractivity contribution < 1.29 is 14.4 Å². The number of primary amides is 1. The van der Waals surface area contributed by atoms with Gasteiger partial charge in [-0.05, 0) is 62.5 Å². The minimum atomic E-state index is -0.683. The summed E-state index contributed by atoms with van der Waals surface area (Å²) in [6.07, 6.45) is 14.4. The van der Waals surface area contributed by atoms with Crippen molar-refractivity contribution in [2.75, 3.05) is 6.54 Å². The van der Waals surface area contributed by atoms with E-state index in [1.807, 2.05) is 19.9 Å². The van der Waals surface area contributed by atoms with E-state index < -0.39 is 18.0 Å². The standard InChI is InChI=1S/C15H28N4O3.C11H16/c1-4-6-10(5-2)13(18-9(3)20)15(22)19-8-11(16)7-12(19)14(17)21;1-3-7-11-9-6-5-8-10(11)4-2/h10-13H,4-8,16H2,1-3H3,(H2,17,21)(H,18,20);3-4,7H,2,5-6,8-9H2,1H3/b;7-3-. The van der Waals surface area contributed by atoms with Crippen molar-refractivity contribution in [2.45, 2.75) is 97.2 Å². The van der Waals surface area contributed by atoms with Gasteiger partial charge in [-0.3, -0.25) is 14.4 Å². The largest absolute Gasteiger partial charge is 0.368 e. The van der Waals surface area contributed by atoms with Crippen LogP contribution in [0.15, 0.2) is 36.0 Å². The molecule has 33 heavy (non-hydrogen) atoms. The van der Waals surface area contributed by atoms with Crippen LogP contribution < -0.4 is 16.8 Å². The highest BCUT2D eigenvalue weighted by Gasteiger charge is 2.41. The maximum atomic E-state index is 12.9. The quantitative estimate of drug-likeness (QED) is 0.489. The Morgan fingerprint density at radius 1 is 1.21 bits per heavy atom. The maximum absolute atomic E-state index is 12.9.